The minimum absolute atomic E-state index is 0.550. The lowest BCUT2D eigenvalue weighted by Crippen LogP contribution is -2.53. The molecule has 3 aromatic rings. The second kappa shape index (κ2) is 8.88. The number of rotatable bonds is 4. The molecule has 4 rings (SSSR count). The van der Waals surface area contributed by atoms with Crippen LogP contribution in [0.15, 0.2) is 54.6 Å². The maximum atomic E-state index is 10.4. The number of aryl methyl sites for hydroxylation is 1. The number of hydrogen-bond donors (Lipinski definition) is 3. The minimum atomic E-state index is -1.23. The van der Waals surface area contributed by atoms with Crippen LogP contribution >= 0.6 is 20.6 Å². The Hall–Kier alpha value is -1.59. The molecule has 6 unspecified atom stereocenters. The summed E-state index contributed by atoms with van der Waals surface area (Å²) in [5, 5.41) is 31.7. The summed E-state index contributed by atoms with van der Waals surface area (Å²) in [5.74, 6) is 0. The van der Waals surface area contributed by atoms with Crippen LogP contribution in [0, 0.1) is 6.92 Å². The second-order valence-corrected chi connectivity index (χ2v) is 9.82. The number of thiophene rings is 1. The predicted octanol–water partition coefficient (Wildman–Crippen LogP) is 3.36. The van der Waals surface area contributed by atoms with Gasteiger partial charge in [0.05, 0.1) is 6.10 Å². The van der Waals surface area contributed by atoms with Crippen LogP contribution in [0.4, 0.5) is 0 Å². The van der Waals surface area contributed by atoms with Crippen molar-refractivity contribution in [3.63, 3.8) is 0 Å². The van der Waals surface area contributed by atoms with Crippen LogP contribution in [0.2, 0.25) is 0 Å². The molecule has 2 heterocycles. The van der Waals surface area contributed by atoms with Gasteiger partial charge in [0.25, 0.3) is 0 Å². The van der Waals surface area contributed by atoms with Crippen molar-refractivity contribution in [3.05, 3.63) is 76.2 Å². The van der Waals surface area contributed by atoms with Crippen LogP contribution in [0.1, 0.15) is 34.6 Å². The first-order valence-electron chi connectivity index (χ1n) is 10.1. The summed E-state index contributed by atoms with van der Waals surface area (Å²) in [7, 11) is 2.71. The Labute approximate surface area is 183 Å². The van der Waals surface area contributed by atoms with E-state index >= 15 is 0 Å². The summed E-state index contributed by atoms with van der Waals surface area (Å²) in [6, 6.07) is 18.8. The van der Waals surface area contributed by atoms with Crippen LogP contribution < -0.4 is 5.30 Å². The van der Waals surface area contributed by atoms with E-state index in [1.165, 1.54) is 26.2 Å². The number of aliphatic hydroxyl groups excluding tert-OH is 3. The highest BCUT2D eigenvalue weighted by atomic mass is 32.1. The normalized spacial score (nSPS) is 26.7. The van der Waals surface area contributed by atoms with Gasteiger partial charge in [0.1, 0.15) is 24.4 Å². The van der Waals surface area contributed by atoms with E-state index < -0.39 is 30.5 Å². The van der Waals surface area contributed by atoms with Gasteiger partial charge >= 0.3 is 0 Å². The lowest BCUT2D eigenvalue weighted by molar-refractivity contribution is -0.219. The Morgan fingerprint density at radius 2 is 1.67 bits per heavy atom. The van der Waals surface area contributed by atoms with Gasteiger partial charge in [-0.3, -0.25) is 0 Å². The molecule has 30 heavy (non-hydrogen) atoms. The molecular weight excluding hydrogens is 415 g/mol. The van der Waals surface area contributed by atoms with Gasteiger partial charge in [0, 0.05) is 16.2 Å². The van der Waals surface area contributed by atoms with E-state index in [9.17, 15) is 15.3 Å². The van der Waals surface area contributed by atoms with Crippen molar-refractivity contribution >= 4 is 25.9 Å². The van der Waals surface area contributed by atoms with Gasteiger partial charge in [-0.05, 0) is 53.5 Å². The van der Waals surface area contributed by atoms with Crippen LogP contribution in [0.5, 0.6) is 0 Å². The summed E-state index contributed by atoms with van der Waals surface area (Å²) in [6.07, 6.45) is -3.91. The van der Waals surface area contributed by atoms with Crippen molar-refractivity contribution in [2.75, 3.05) is 0 Å². The number of benzene rings is 2. The molecule has 3 N–H and O–H groups in total. The Balaban J connectivity index is 1.56. The molecule has 0 amide bonds. The monoisotopic (exact) mass is 442 g/mol. The molecule has 1 aliphatic heterocycles. The van der Waals surface area contributed by atoms with Gasteiger partial charge < -0.3 is 20.1 Å². The summed E-state index contributed by atoms with van der Waals surface area (Å²) in [5.41, 5.74) is 4.35. The third kappa shape index (κ3) is 4.38. The Kier molecular flexibility index (Phi) is 6.40. The quantitative estimate of drug-likeness (QED) is 0.542. The summed E-state index contributed by atoms with van der Waals surface area (Å²) in [4.78, 5) is 2.50. The summed E-state index contributed by atoms with van der Waals surface area (Å²) in [6.45, 7) is 3.78. The molecular formula is C24H27O4PS. The molecule has 0 radical (unpaired) electrons. The van der Waals surface area contributed by atoms with Gasteiger partial charge in [-0.2, -0.15) is 0 Å². The predicted molar refractivity (Wildman–Crippen MR) is 124 cm³/mol. The van der Waals surface area contributed by atoms with E-state index in [-0.39, 0.29) is 0 Å². The number of aliphatic hydroxyl groups is 3. The fourth-order valence-corrected chi connectivity index (χ4v) is 5.08. The van der Waals surface area contributed by atoms with Gasteiger partial charge in [-0.15, -0.1) is 20.6 Å². The molecule has 158 valence electrons. The average molecular weight is 443 g/mol. The first-order valence-corrected chi connectivity index (χ1v) is 11.5. The van der Waals surface area contributed by atoms with Crippen molar-refractivity contribution in [1.82, 2.24) is 0 Å². The molecule has 0 bridgehead atoms. The maximum absolute atomic E-state index is 10.4. The van der Waals surface area contributed by atoms with E-state index in [0.717, 1.165) is 17.5 Å². The largest absolute Gasteiger partial charge is 0.388 e. The van der Waals surface area contributed by atoms with Gasteiger partial charge in [0.2, 0.25) is 0 Å². The molecule has 1 aliphatic rings. The zero-order chi connectivity index (χ0) is 21.4. The molecule has 0 spiro atoms. The molecule has 1 fully saturated rings. The third-order valence-electron chi connectivity index (χ3n) is 5.78. The molecule has 6 heteroatoms. The van der Waals surface area contributed by atoms with Crippen LogP contribution in [-0.4, -0.2) is 39.7 Å². The van der Waals surface area contributed by atoms with Gasteiger partial charge in [-0.25, -0.2) is 0 Å². The van der Waals surface area contributed by atoms with Crippen LogP contribution in [0.3, 0.4) is 0 Å². The Bertz CT molecular complexity index is 1020. The van der Waals surface area contributed by atoms with Gasteiger partial charge in [-0.1, -0.05) is 42.5 Å². The fourth-order valence-electron chi connectivity index (χ4n) is 3.85. The van der Waals surface area contributed by atoms with Crippen molar-refractivity contribution in [2.24, 2.45) is 0 Å². The standard InChI is InChI=1S/C24H27O4PS/c1-13-3-4-16(24-23(27)22(26)21(25)14(2)28-24)11-17(13)12-19-9-10-20(30-19)15-5-7-18(29)8-6-15/h3-11,14,21-27H,12,29H2,1-2H3. The SMILES string of the molecule is Cc1ccc(C2OC(C)C(O)C(O)C2O)cc1Cc1ccc(-c2ccc(P)cc2)s1. The molecule has 1 aromatic heterocycles. The fraction of sp³-hybridized carbons (Fsp3) is 0.333. The van der Waals surface area contributed by atoms with E-state index in [1.54, 1.807) is 18.3 Å². The first-order chi connectivity index (χ1) is 14.3. The van der Waals surface area contributed by atoms with Crippen molar-refractivity contribution in [2.45, 2.75) is 50.8 Å². The summed E-state index contributed by atoms with van der Waals surface area (Å²) >= 11 is 1.78. The van der Waals surface area contributed by atoms with Gasteiger partial charge in [0.15, 0.2) is 0 Å². The Morgan fingerprint density at radius 1 is 0.933 bits per heavy atom. The molecule has 4 nitrogen and oxygen atoms in total. The van der Waals surface area contributed by atoms with E-state index in [2.05, 4.69) is 52.6 Å². The highest BCUT2D eigenvalue weighted by Crippen LogP contribution is 2.34. The average Bonchev–Trinajstić information content (AvgIpc) is 3.20. The number of ether oxygens (including phenoxy) is 1. The molecule has 2 aromatic carbocycles. The smallest absolute Gasteiger partial charge is 0.113 e. The highest BCUT2D eigenvalue weighted by Gasteiger charge is 2.42. The van der Waals surface area contributed by atoms with Crippen LogP contribution in [0.25, 0.3) is 10.4 Å². The van der Waals surface area contributed by atoms with E-state index in [0.29, 0.717) is 0 Å². The molecule has 0 aliphatic carbocycles. The Morgan fingerprint density at radius 3 is 2.40 bits per heavy atom. The van der Waals surface area contributed by atoms with E-state index in [4.69, 9.17) is 4.74 Å². The lowest BCUT2D eigenvalue weighted by Gasteiger charge is -2.39. The minimum Gasteiger partial charge on any atom is -0.388 e. The molecule has 1 saturated heterocycles. The third-order valence-corrected chi connectivity index (χ3v) is 7.29. The first kappa shape index (κ1) is 21.6. The topological polar surface area (TPSA) is 69.9 Å². The van der Waals surface area contributed by atoms with E-state index in [1.807, 2.05) is 18.2 Å². The summed E-state index contributed by atoms with van der Waals surface area (Å²) < 4.78 is 5.82. The zero-order valence-electron chi connectivity index (χ0n) is 17.0. The maximum Gasteiger partial charge on any atom is 0.113 e. The van der Waals surface area contributed by atoms with Crippen molar-refractivity contribution in [3.8, 4) is 10.4 Å². The lowest BCUT2D eigenvalue weighted by atomic mass is 9.90. The second-order valence-electron chi connectivity index (χ2n) is 7.98. The molecule has 6 atom stereocenters. The highest BCUT2D eigenvalue weighted by molar-refractivity contribution is 7.27. The van der Waals surface area contributed by atoms with Crippen molar-refractivity contribution in [1.29, 1.82) is 0 Å². The van der Waals surface area contributed by atoms with Crippen LogP contribution in [-0.2, 0) is 11.2 Å². The number of hydrogen-bond acceptors (Lipinski definition) is 5. The zero-order valence-corrected chi connectivity index (χ0v) is 19.0. The van der Waals surface area contributed by atoms with Crippen molar-refractivity contribution < 1.29 is 20.1 Å². The molecule has 0 saturated carbocycles.